The van der Waals surface area contributed by atoms with Crippen molar-refractivity contribution in [2.24, 2.45) is 0 Å². The summed E-state index contributed by atoms with van der Waals surface area (Å²) in [5, 5.41) is 2.92. The number of ether oxygens (including phenoxy) is 3. The van der Waals surface area contributed by atoms with E-state index in [-0.39, 0.29) is 17.8 Å². The Morgan fingerprint density at radius 2 is 2.05 bits per heavy atom. The Hall–Kier alpha value is -1.60. The number of amides is 2. The van der Waals surface area contributed by atoms with Gasteiger partial charge in [-0.25, -0.2) is 4.79 Å². The minimum atomic E-state index is -0.0725. The third kappa shape index (κ3) is 2.59. The fourth-order valence-electron chi connectivity index (χ4n) is 3.01. The Bertz CT molecular complexity index is 579. The summed E-state index contributed by atoms with van der Waals surface area (Å²) in [6.45, 7) is 2.51. The number of anilines is 1. The molecule has 0 radical (unpaired) electrons. The van der Waals surface area contributed by atoms with Gasteiger partial charge in [-0.05, 0) is 12.1 Å². The first kappa shape index (κ1) is 14.0. The number of fused-ring (bicyclic) bond motifs is 1. The fourth-order valence-corrected chi connectivity index (χ4v) is 4.19. The van der Waals surface area contributed by atoms with Gasteiger partial charge in [0, 0.05) is 43.4 Å². The maximum atomic E-state index is 12.4. The van der Waals surface area contributed by atoms with Crippen LogP contribution >= 0.6 is 11.8 Å². The zero-order valence-corrected chi connectivity index (χ0v) is 13.0. The lowest BCUT2D eigenvalue weighted by molar-refractivity contribution is 0.0105. The highest BCUT2D eigenvalue weighted by atomic mass is 32.2. The molecule has 7 heteroatoms. The molecular formula is C15H18N2O4S. The highest BCUT2D eigenvalue weighted by Crippen LogP contribution is 2.41. The average molecular weight is 322 g/mol. The second kappa shape index (κ2) is 5.55. The summed E-state index contributed by atoms with van der Waals surface area (Å²) in [6, 6.07) is 5.36. The summed E-state index contributed by atoms with van der Waals surface area (Å²) < 4.78 is 16.4. The quantitative estimate of drug-likeness (QED) is 0.861. The van der Waals surface area contributed by atoms with E-state index < -0.39 is 0 Å². The zero-order valence-electron chi connectivity index (χ0n) is 12.2. The first-order valence-electron chi connectivity index (χ1n) is 7.48. The van der Waals surface area contributed by atoms with Gasteiger partial charge in [0.05, 0.1) is 6.61 Å². The van der Waals surface area contributed by atoms with Crippen molar-refractivity contribution in [3.8, 4) is 11.5 Å². The predicted molar refractivity (Wildman–Crippen MR) is 83.5 cm³/mol. The molecule has 1 aromatic carbocycles. The van der Waals surface area contributed by atoms with Gasteiger partial charge in [0.1, 0.15) is 4.93 Å². The summed E-state index contributed by atoms with van der Waals surface area (Å²) in [7, 11) is 0. The van der Waals surface area contributed by atoms with Crippen molar-refractivity contribution < 1.29 is 19.0 Å². The number of benzene rings is 1. The standard InChI is InChI=1S/C15H18N2O4S/c18-14(16-11-1-2-12-13(9-11)20-10-19-12)17-5-3-15(4-6-17)21-7-8-22-15/h1-2,9H,3-8,10H2,(H,16,18). The van der Waals surface area contributed by atoms with Crippen molar-refractivity contribution in [3.05, 3.63) is 18.2 Å². The van der Waals surface area contributed by atoms with Crippen molar-refractivity contribution in [2.45, 2.75) is 17.8 Å². The molecule has 0 aliphatic carbocycles. The van der Waals surface area contributed by atoms with Gasteiger partial charge < -0.3 is 24.4 Å². The molecule has 4 rings (SSSR count). The molecule has 3 heterocycles. The predicted octanol–water partition coefficient (Wildman–Crippen LogP) is 2.50. The molecule has 1 aromatic rings. The van der Waals surface area contributed by atoms with Crippen LogP contribution in [0.2, 0.25) is 0 Å². The molecule has 0 saturated carbocycles. The average Bonchev–Trinajstić information content (AvgIpc) is 3.17. The van der Waals surface area contributed by atoms with E-state index in [2.05, 4.69) is 5.32 Å². The maximum absolute atomic E-state index is 12.4. The third-order valence-electron chi connectivity index (χ3n) is 4.25. The van der Waals surface area contributed by atoms with Crippen LogP contribution in [0, 0.1) is 0 Å². The number of hydrogen-bond donors (Lipinski definition) is 1. The van der Waals surface area contributed by atoms with Gasteiger partial charge >= 0.3 is 6.03 Å². The topological polar surface area (TPSA) is 60.0 Å². The lowest BCUT2D eigenvalue weighted by Crippen LogP contribution is -2.46. The van der Waals surface area contributed by atoms with Gasteiger partial charge in [0.15, 0.2) is 11.5 Å². The van der Waals surface area contributed by atoms with Gasteiger partial charge in [-0.1, -0.05) is 0 Å². The van der Waals surface area contributed by atoms with Gasteiger partial charge in [-0.3, -0.25) is 0 Å². The second-order valence-electron chi connectivity index (χ2n) is 5.59. The lowest BCUT2D eigenvalue weighted by atomic mass is 10.1. The van der Waals surface area contributed by atoms with Crippen LogP contribution in [-0.2, 0) is 4.74 Å². The van der Waals surface area contributed by atoms with Crippen LogP contribution in [0.15, 0.2) is 18.2 Å². The van der Waals surface area contributed by atoms with E-state index in [1.165, 1.54) is 0 Å². The summed E-state index contributed by atoms with van der Waals surface area (Å²) >= 11 is 1.89. The van der Waals surface area contributed by atoms with Crippen LogP contribution < -0.4 is 14.8 Å². The highest BCUT2D eigenvalue weighted by Gasteiger charge is 2.40. The third-order valence-corrected chi connectivity index (χ3v) is 5.67. The van der Waals surface area contributed by atoms with Gasteiger partial charge in [-0.15, -0.1) is 11.8 Å². The monoisotopic (exact) mass is 322 g/mol. The Morgan fingerprint density at radius 3 is 2.82 bits per heavy atom. The van der Waals surface area contributed by atoms with Crippen molar-refractivity contribution in [1.82, 2.24) is 4.90 Å². The molecule has 6 nitrogen and oxygen atoms in total. The first-order valence-corrected chi connectivity index (χ1v) is 8.46. The van der Waals surface area contributed by atoms with E-state index in [0.717, 1.165) is 44.0 Å². The minimum Gasteiger partial charge on any atom is -0.454 e. The number of thioether (sulfide) groups is 1. The molecule has 0 aromatic heterocycles. The molecule has 3 aliphatic rings. The Morgan fingerprint density at radius 1 is 1.23 bits per heavy atom. The van der Waals surface area contributed by atoms with E-state index in [9.17, 15) is 4.79 Å². The van der Waals surface area contributed by atoms with E-state index in [0.29, 0.717) is 11.5 Å². The molecule has 2 fully saturated rings. The number of likely N-dealkylation sites (tertiary alicyclic amines) is 1. The number of hydrogen-bond acceptors (Lipinski definition) is 5. The molecule has 0 bridgehead atoms. The van der Waals surface area contributed by atoms with Crippen molar-refractivity contribution in [1.29, 1.82) is 0 Å². The molecule has 118 valence electrons. The van der Waals surface area contributed by atoms with E-state index >= 15 is 0 Å². The molecule has 1 spiro atoms. The number of piperidine rings is 1. The van der Waals surface area contributed by atoms with Gasteiger partial charge in [-0.2, -0.15) is 0 Å². The van der Waals surface area contributed by atoms with Crippen LogP contribution in [-0.4, -0.2) is 48.1 Å². The van der Waals surface area contributed by atoms with Crippen LogP contribution in [0.4, 0.5) is 10.5 Å². The summed E-state index contributed by atoms with van der Waals surface area (Å²) in [4.78, 5) is 14.2. The zero-order chi connectivity index (χ0) is 15.0. The van der Waals surface area contributed by atoms with E-state index in [1.54, 1.807) is 6.07 Å². The fraction of sp³-hybridized carbons (Fsp3) is 0.533. The first-order chi connectivity index (χ1) is 10.7. The number of nitrogens with zero attached hydrogens (tertiary/aromatic N) is 1. The van der Waals surface area contributed by atoms with E-state index in [1.807, 2.05) is 28.8 Å². The minimum absolute atomic E-state index is 0.0461. The molecule has 2 saturated heterocycles. The summed E-state index contributed by atoms with van der Waals surface area (Å²) in [5.41, 5.74) is 0.723. The molecule has 1 N–H and O–H groups in total. The Balaban J connectivity index is 1.36. The van der Waals surface area contributed by atoms with Crippen LogP contribution in [0.25, 0.3) is 0 Å². The number of urea groups is 1. The lowest BCUT2D eigenvalue weighted by Gasteiger charge is -2.37. The van der Waals surface area contributed by atoms with Gasteiger partial charge in [0.2, 0.25) is 6.79 Å². The molecule has 3 aliphatic heterocycles. The summed E-state index contributed by atoms with van der Waals surface area (Å²) in [5.74, 6) is 2.45. The highest BCUT2D eigenvalue weighted by molar-refractivity contribution is 8.00. The van der Waals surface area contributed by atoms with Crippen LogP contribution in [0.3, 0.4) is 0 Å². The molecule has 0 atom stereocenters. The maximum Gasteiger partial charge on any atom is 0.321 e. The normalized spacial score (nSPS) is 22.1. The SMILES string of the molecule is O=C(Nc1ccc2c(c1)OCO2)N1CCC2(CC1)OCCS2. The molecule has 2 amide bonds. The van der Waals surface area contributed by atoms with Crippen molar-refractivity contribution in [2.75, 3.05) is 37.6 Å². The largest absolute Gasteiger partial charge is 0.454 e. The van der Waals surface area contributed by atoms with Crippen molar-refractivity contribution >= 4 is 23.5 Å². The second-order valence-corrected chi connectivity index (χ2v) is 7.03. The number of nitrogens with one attached hydrogen (secondary N) is 1. The Labute approximate surface area is 133 Å². The van der Waals surface area contributed by atoms with Crippen molar-refractivity contribution in [3.63, 3.8) is 0 Å². The molecule has 22 heavy (non-hydrogen) atoms. The van der Waals surface area contributed by atoms with Crippen LogP contribution in [0.1, 0.15) is 12.8 Å². The molecule has 0 unspecified atom stereocenters. The Kier molecular flexibility index (Phi) is 3.54. The number of carbonyl (C=O) groups is 1. The van der Waals surface area contributed by atoms with E-state index in [4.69, 9.17) is 14.2 Å². The molecular weight excluding hydrogens is 304 g/mol. The van der Waals surface area contributed by atoms with Crippen LogP contribution in [0.5, 0.6) is 11.5 Å². The number of rotatable bonds is 1. The summed E-state index contributed by atoms with van der Waals surface area (Å²) in [6.07, 6.45) is 1.79. The van der Waals surface area contributed by atoms with Gasteiger partial charge in [0.25, 0.3) is 0 Å². The number of carbonyl (C=O) groups excluding carboxylic acids is 1. The smallest absolute Gasteiger partial charge is 0.321 e.